The number of nitrogens with zero attached hydrogens (tertiary/aromatic N) is 3. The molecule has 1 fully saturated rings. The van der Waals surface area contributed by atoms with Crippen LogP contribution in [0.15, 0.2) is 59.8 Å². The Morgan fingerprint density at radius 3 is 2.45 bits per heavy atom. The van der Waals surface area contributed by atoms with Gasteiger partial charge in [0.15, 0.2) is 11.0 Å². The third-order valence-corrected chi connectivity index (χ3v) is 6.34. The van der Waals surface area contributed by atoms with Crippen molar-refractivity contribution < 1.29 is 9.53 Å². The number of rotatable bonds is 9. The van der Waals surface area contributed by atoms with Gasteiger partial charge in [0, 0.05) is 18.2 Å². The Bertz CT molecular complexity index is 1010. The van der Waals surface area contributed by atoms with Crippen LogP contribution in [0.3, 0.4) is 0 Å². The van der Waals surface area contributed by atoms with E-state index in [4.69, 9.17) is 4.74 Å². The van der Waals surface area contributed by atoms with E-state index in [0.29, 0.717) is 12.0 Å². The van der Waals surface area contributed by atoms with Gasteiger partial charge in [0.25, 0.3) is 0 Å². The van der Waals surface area contributed by atoms with Crippen molar-refractivity contribution in [3.8, 4) is 17.1 Å². The summed E-state index contributed by atoms with van der Waals surface area (Å²) in [6.07, 6.45) is 2.12. The van der Waals surface area contributed by atoms with Crippen molar-refractivity contribution in [2.45, 2.75) is 49.7 Å². The summed E-state index contributed by atoms with van der Waals surface area (Å²) in [6, 6.07) is 18.0. The van der Waals surface area contributed by atoms with Crippen LogP contribution >= 0.6 is 11.8 Å². The average Bonchev–Trinajstić information content (AvgIpc) is 3.51. The number of carbonyl (C=O) groups excluding carboxylic acids is 1. The first-order valence-electron chi connectivity index (χ1n) is 10.6. The van der Waals surface area contributed by atoms with E-state index < -0.39 is 0 Å². The maximum Gasteiger partial charge on any atom is 0.238 e. The molecule has 0 spiro atoms. The molecule has 162 valence electrons. The third-order valence-electron chi connectivity index (χ3n) is 5.10. The van der Waals surface area contributed by atoms with Crippen molar-refractivity contribution in [1.82, 2.24) is 20.1 Å². The van der Waals surface area contributed by atoms with Crippen LogP contribution in [0.2, 0.25) is 0 Å². The number of amides is 1. The van der Waals surface area contributed by atoms with E-state index in [0.717, 1.165) is 47.2 Å². The second-order valence-corrected chi connectivity index (χ2v) is 9.30. The number of hydrogen-bond acceptors (Lipinski definition) is 5. The molecular formula is C24H28N4O2S. The zero-order valence-electron chi connectivity index (χ0n) is 18.1. The van der Waals surface area contributed by atoms with E-state index in [2.05, 4.69) is 33.9 Å². The van der Waals surface area contributed by atoms with Crippen molar-refractivity contribution in [2.75, 3.05) is 7.11 Å². The fraction of sp³-hybridized carbons (Fsp3) is 0.375. The van der Waals surface area contributed by atoms with Gasteiger partial charge in [-0.05, 0) is 48.6 Å². The Labute approximate surface area is 187 Å². The smallest absolute Gasteiger partial charge is 0.238 e. The average molecular weight is 437 g/mol. The molecule has 1 saturated carbocycles. The summed E-state index contributed by atoms with van der Waals surface area (Å²) >= 11 is 1.46. The Balaban J connectivity index is 1.67. The molecule has 1 atom stereocenters. The first-order chi connectivity index (χ1) is 15.0. The highest BCUT2D eigenvalue weighted by atomic mass is 32.2. The van der Waals surface area contributed by atoms with Crippen molar-refractivity contribution in [2.24, 2.45) is 5.92 Å². The number of aromatic nitrogens is 3. The highest BCUT2D eigenvalue weighted by Gasteiger charge is 2.30. The van der Waals surface area contributed by atoms with Crippen LogP contribution in [0.4, 0.5) is 0 Å². The van der Waals surface area contributed by atoms with Gasteiger partial charge in [-0.15, -0.1) is 10.2 Å². The number of benzene rings is 2. The zero-order valence-corrected chi connectivity index (χ0v) is 18.9. The molecule has 0 radical (unpaired) electrons. The molecule has 1 amide bonds. The third kappa shape index (κ3) is 5.28. The van der Waals surface area contributed by atoms with Crippen molar-refractivity contribution >= 4 is 17.7 Å². The maximum absolute atomic E-state index is 13.1. The number of thioether (sulfide) groups is 1. The second kappa shape index (κ2) is 9.56. The lowest BCUT2D eigenvalue weighted by Gasteiger charge is -2.18. The van der Waals surface area contributed by atoms with Gasteiger partial charge in [-0.3, -0.25) is 4.79 Å². The molecule has 7 heteroatoms. The van der Waals surface area contributed by atoms with Crippen LogP contribution in [-0.2, 0) is 11.3 Å². The Hall–Kier alpha value is -2.80. The number of methoxy groups -OCH3 is 1. The fourth-order valence-corrected chi connectivity index (χ4v) is 4.43. The Morgan fingerprint density at radius 2 is 1.84 bits per heavy atom. The van der Waals surface area contributed by atoms with E-state index in [1.807, 2.05) is 54.6 Å². The predicted octanol–water partition coefficient (Wildman–Crippen LogP) is 4.72. The van der Waals surface area contributed by atoms with Gasteiger partial charge in [0.1, 0.15) is 11.0 Å². The second-order valence-electron chi connectivity index (χ2n) is 8.23. The summed E-state index contributed by atoms with van der Waals surface area (Å²) in [5.41, 5.74) is 1.94. The number of nitrogens with one attached hydrogen (secondary N) is 1. The number of ether oxygens (including phenoxy) is 1. The predicted molar refractivity (Wildman–Crippen MR) is 123 cm³/mol. The van der Waals surface area contributed by atoms with Gasteiger partial charge in [0.2, 0.25) is 5.91 Å². The Morgan fingerprint density at radius 1 is 1.13 bits per heavy atom. The molecule has 3 aromatic rings. The van der Waals surface area contributed by atoms with Crippen LogP contribution in [0.1, 0.15) is 37.5 Å². The van der Waals surface area contributed by atoms with Gasteiger partial charge in [-0.2, -0.15) is 0 Å². The minimum Gasteiger partial charge on any atom is -0.497 e. The van der Waals surface area contributed by atoms with E-state index in [-0.39, 0.29) is 11.2 Å². The summed E-state index contributed by atoms with van der Waals surface area (Å²) in [5.74, 6) is 2.04. The first kappa shape index (κ1) is 21.4. The van der Waals surface area contributed by atoms with Crippen LogP contribution in [0.5, 0.6) is 5.75 Å². The number of hydrogen-bond donors (Lipinski definition) is 1. The SMILES string of the molecule is COc1ccc(-c2nnc(S[C@H](C(=O)NC3CC3)c3ccccc3)n2CC(C)C)cc1. The van der Waals surface area contributed by atoms with E-state index in [1.54, 1.807) is 7.11 Å². The minimum atomic E-state index is -0.374. The first-order valence-corrected chi connectivity index (χ1v) is 11.5. The molecule has 1 aromatic heterocycles. The fourth-order valence-electron chi connectivity index (χ4n) is 3.37. The molecule has 1 heterocycles. The van der Waals surface area contributed by atoms with Crippen LogP contribution in [0, 0.1) is 5.92 Å². The van der Waals surface area contributed by atoms with Crippen molar-refractivity contribution in [3.05, 3.63) is 60.2 Å². The molecule has 0 bridgehead atoms. The Kier molecular flexibility index (Phi) is 6.61. The molecule has 1 aliphatic rings. The van der Waals surface area contributed by atoms with Crippen molar-refractivity contribution in [3.63, 3.8) is 0 Å². The lowest BCUT2D eigenvalue weighted by atomic mass is 10.1. The summed E-state index contributed by atoms with van der Waals surface area (Å²) in [6.45, 7) is 5.10. The normalized spacial score (nSPS) is 14.5. The maximum atomic E-state index is 13.1. The summed E-state index contributed by atoms with van der Waals surface area (Å²) in [7, 11) is 1.65. The van der Waals surface area contributed by atoms with Crippen LogP contribution in [0.25, 0.3) is 11.4 Å². The molecule has 31 heavy (non-hydrogen) atoms. The summed E-state index contributed by atoms with van der Waals surface area (Å²) in [4.78, 5) is 13.1. The lowest BCUT2D eigenvalue weighted by Crippen LogP contribution is -2.30. The van der Waals surface area contributed by atoms with Crippen molar-refractivity contribution in [1.29, 1.82) is 0 Å². The quantitative estimate of drug-likeness (QED) is 0.492. The molecular weight excluding hydrogens is 408 g/mol. The van der Waals surface area contributed by atoms with Gasteiger partial charge < -0.3 is 14.6 Å². The summed E-state index contributed by atoms with van der Waals surface area (Å²) in [5, 5.41) is 12.5. The molecule has 4 rings (SSSR count). The number of carbonyl (C=O) groups is 1. The van der Waals surface area contributed by atoms with E-state index >= 15 is 0 Å². The van der Waals surface area contributed by atoms with Gasteiger partial charge in [-0.25, -0.2) is 0 Å². The monoisotopic (exact) mass is 436 g/mol. The standard InChI is InChI=1S/C24H28N4O2S/c1-16(2)15-28-22(18-9-13-20(30-3)14-10-18)26-27-24(28)31-21(17-7-5-4-6-8-17)23(29)25-19-11-12-19/h4-10,13-14,16,19,21H,11-12,15H2,1-3H3,(H,25,29)/t21-/m0/s1. The molecule has 1 N–H and O–H groups in total. The topological polar surface area (TPSA) is 69.0 Å². The largest absolute Gasteiger partial charge is 0.497 e. The van der Waals surface area contributed by atoms with E-state index in [9.17, 15) is 4.79 Å². The summed E-state index contributed by atoms with van der Waals surface area (Å²) < 4.78 is 7.40. The molecule has 6 nitrogen and oxygen atoms in total. The molecule has 0 saturated heterocycles. The van der Waals surface area contributed by atoms with Gasteiger partial charge in [0.05, 0.1) is 7.11 Å². The molecule has 0 aliphatic heterocycles. The van der Waals surface area contributed by atoms with E-state index in [1.165, 1.54) is 11.8 Å². The molecule has 2 aromatic carbocycles. The molecule has 0 unspecified atom stereocenters. The molecule has 1 aliphatic carbocycles. The van der Waals surface area contributed by atoms with Gasteiger partial charge in [-0.1, -0.05) is 55.9 Å². The lowest BCUT2D eigenvalue weighted by molar-refractivity contribution is -0.120. The zero-order chi connectivity index (χ0) is 21.8. The van der Waals surface area contributed by atoms with Crippen LogP contribution < -0.4 is 10.1 Å². The highest BCUT2D eigenvalue weighted by molar-refractivity contribution is 8.00. The minimum absolute atomic E-state index is 0.0313. The van der Waals surface area contributed by atoms with Crippen LogP contribution in [-0.4, -0.2) is 33.8 Å². The van der Waals surface area contributed by atoms with Gasteiger partial charge >= 0.3 is 0 Å². The highest BCUT2D eigenvalue weighted by Crippen LogP contribution is 2.37.